The second-order valence-corrected chi connectivity index (χ2v) is 5.58. The molecule has 6 nitrogen and oxygen atoms in total. The molecule has 1 aromatic heterocycles. The average Bonchev–Trinajstić information content (AvgIpc) is 2.53. The van der Waals surface area contributed by atoms with E-state index in [9.17, 15) is 4.79 Å². The van der Waals surface area contributed by atoms with E-state index in [1.807, 2.05) is 12.1 Å². The molecule has 2 rings (SSSR count). The molecule has 1 aliphatic rings. The van der Waals surface area contributed by atoms with Crippen molar-refractivity contribution in [2.24, 2.45) is 5.73 Å². The zero-order chi connectivity index (χ0) is 15.2. The molecular formula is C15H25N5O. The van der Waals surface area contributed by atoms with Crippen LogP contribution in [0.5, 0.6) is 0 Å². The van der Waals surface area contributed by atoms with Crippen molar-refractivity contribution >= 4 is 11.7 Å². The summed E-state index contributed by atoms with van der Waals surface area (Å²) in [7, 11) is 3.49. The number of nitrogens with two attached hydrogens (primary N) is 1. The van der Waals surface area contributed by atoms with Crippen molar-refractivity contribution < 1.29 is 4.79 Å². The molecule has 0 unspecified atom stereocenters. The Morgan fingerprint density at radius 3 is 2.52 bits per heavy atom. The predicted molar refractivity (Wildman–Crippen MR) is 84.6 cm³/mol. The van der Waals surface area contributed by atoms with Crippen LogP contribution in [-0.2, 0) is 0 Å². The maximum atomic E-state index is 11.8. The highest BCUT2D eigenvalue weighted by molar-refractivity contribution is 5.93. The summed E-state index contributed by atoms with van der Waals surface area (Å²) >= 11 is 0. The normalized spacial score (nSPS) is 16.0. The third kappa shape index (κ3) is 4.15. The highest BCUT2D eigenvalue weighted by Gasteiger charge is 2.18. The number of piperazine rings is 1. The minimum atomic E-state index is -0.0133. The van der Waals surface area contributed by atoms with Gasteiger partial charge >= 0.3 is 0 Å². The van der Waals surface area contributed by atoms with E-state index in [4.69, 9.17) is 5.73 Å². The van der Waals surface area contributed by atoms with Crippen LogP contribution in [0.15, 0.2) is 18.3 Å². The molecule has 0 radical (unpaired) electrons. The molecule has 0 bridgehead atoms. The Hall–Kier alpha value is -1.66. The lowest BCUT2D eigenvalue weighted by molar-refractivity contribution is 0.0827. The summed E-state index contributed by atoms with van der Waals surface area (Å²) in [6.45, 7) is 5.86. The number of hydrogen-bond acceptors (Lipinski definition) is 5. The van der Waals surface area contributed by atoms with Crippen LogP contribution in [0.3, 0.4) is 0 Å². The largest absolute Gasteiger partial charge is 0.354 e. The molecule has 6 heteroatoms. The topological polar surface area (TPSA) is 65.7 Å². The number of amides is 1. The summed E-state index contributed by atoms with van der Waals surface area (Å²) in [5.41, 5.74) is 6.18. The van der Waals surface area contributed by atoms with Gasteiger partial charge in [0.2, 0.25) is 0 Å². The van der Waals surface area contributed by atoms with Crippen LogP contribution in [0.4, 0.5) is 5.82 Å². The molecule has 1 saturated heterocycles. The van der Waals surface area contributed by atoms with Gasteiger partial charge in [0.25, 0.3) is 5.91 Å². The number of pyridine rings is 1. The van der Waals surface area contributed by atoms with Crippen LogP contribution in [0.2, 0.25) is 0 Å². The SMILES string of the molecule is CN(C)C(=O)c1ccc(N2CCN(CCCN)CC2)nc1. The molecular weight excluding hydrogens is 266 g/mol. The van der Waals surface area contributed by atoms with Crippen molar-refractivity contribution in [1.29, 1.82) is 0 Å². The minimum Gasteiger partial charge on any atom is -0.354 e. The third-order valence-electron chi connectivity index (χ3n) is 3.78. The minimum absolute atomic E-state index is 0.0133. The Morgan fingerprint density at radius 2 is 2.00 bits per heavy atom. The highest BCUT2D eigenvalue weighted by atomic mass is 16.2. The molecule has 1 amide bonds. The molecule has 1 fully saturated rings. The van der Waals surface area contributed by atoms with Crippen LogP contribution in [-0.4, -0.2) is 74.1 Å². The summed E-state index contributed by atoms with van der Waals surface area (Å²) in [6, 6.07) is 3.79. The molecule has 2 heterocycles. The van der Waals surface area contributed by atoms with Gasteiger partial charge in [-0.25, -0.2) is 4.98 Å². The first-order chi connectivity index (χ1) is 10.1. The number of nitrogens with zero attached hydrogens (tertiary/aromatic N) is 4. The van der Waals surface area contributed by atoms with Crippen LogP contribution in [0, 0.1) is 0 Å². The van der Waals surface area contributed by atoms with Gasteiger partial charge in [-0.05, 0) is 31.6 Å². The van der Waals surface area contributed by atoms with Crippen LogP contribution in [0.1, 0.15) is 16.8 Å². The monoisotopic (exact) mass is 291 g/mol. The molecule has 116 valence electrons. The molecule has 0 aliphatic carbocycles. The van der Waals surface area contributed by atoms with E-state index in [1.165, 1.54) is 0 Å². The Morgan fingerprint density at radius 1 is 1.29 bits per heavy atom. The second-order valence-electron chi connectivity index (χ2n) is 5.58. The lowest BCUT2D eigenvalue weighted by Crippen LogP contribution is -2.47. The number of rotatable bonds is 5. The molecule has 0 atom stereocenters. The van der Waals surface area contributed by atoms with E-state index in [1.54, 1.807) is 25.2 Å². The third-order valence-corrected chi connectivity index (χ3v) is 3.78. The number of carbonyl (C=O) groups excluding carboxylic acids is 1. The van der Waals surface area contributed by atoms with E-state index < -0.39 is 0 Å². The van der Waals surface area contributed by atoms with Crippen molar-refractivity contribution in [2.75, 3.05) is 58.3 Å². The molecule has 21 heavy (non-hydrogen) atoms. The van der Waals surface area contributed by atoms with Gasteiger partial charge in [0.15, 0.2) is 0 Å². The summed E-state index contributed by atoms with van der Waals surface area (Å²) < 4.78 is 0. The lowest BCUT2D eigenvalue weighted by atomic mass is 10.2. The van der Waals surface area contributed by atoms with Gasteiger partial charge in [0, 0.05) is 46.5 Å². The number of hydrogen-bond donors (Lipinski definition) is 1. The van der Waals surface area contributed by atoms with Crippen LogP contribution < -0.4 is 10.6 Å². The Labute approximate surface area is 126 Å². The van der Waals surface area contributed by atoms with Crippen molar-refractivity contribution in [2.45, 2.75) is 6.42 Å². The summed E-state index contributed by atoms with van der Waals surface area (Å²) in [4.78, 5) is 22.5. The van der Waals surface area contributed by atoms with Crippen molar-refractivity contribution in [3.05, 3.63) is 23.9 Å². The van der Waals surface area contributed by atoms with Gasteiger partial charge in [-0.1, -0.05) is 0 Å². The van der Waals surface area contributed by atoms with E-state index >= 15 is 0 Å². The Kier molecular flexibility index (Phi) is 5.52. The van der Waals surface area contributed by atoms with E-state index in [0.29, 0.717) is 5.56 Å². The Balaban J connectivity index is 1.90. The van der Waals surface area contributed by atoms with Crippen LogP contribution in [0.25, 0.3) is 0 Å². The van der Waals surface area contributed by atoms with Gasteiger partial charge < -0.3 is 15.5 Å². The summed E-state index contributed by atoms with van der Waals surface area (Å²) in [5, 5.41) is 0. The number of anilines is 1. The zero-order valence-electron chi connectivity index (χ0n) is 13.0. The van der Waals surface area contributed by atoms with Crippen LogP contribution >= 0.6 is 0 Å². The molecule has 1 aliphatic heterocycles. The first kappa shape index (κ1) is 15.7. The van der Waals surface area contributed by atoms with E-state index in [0.717, 1.165) is 51.5 Å². The summed E-state index contributed by atoms with van der Waals surface area (Å²) in [5.74, 6) is 0.935. The quantitative estimate of drug-likeness (QED) is 0.842. The predicted octanol–water partition coefficient (Wildman–Crippen LogP) is 0.254. The smallest absolute Gasteiger partial charge is 0.254 e. The standard InChI is InChI=1S/C15H25N5O/c1-18(2)15(21)13-4-5-14(17-12-13)20-10-8-19(9-11-20)7-3-6-16/h4-5,12H,3,6-11,16H2,1-2H3. The van der Waals surface area contributed by atoms with Crippen molar-refractivity contribution in [3.63, 3.8) is 0 Å². The van der Waals surface area contributed by atoms with E-state index in [-0.39, 0.29) is 5.91 Å². The maximum Gasteiger partial charge on any atom is 0.254 e. The highest BCUT2D eigenvalue weighted by Crippen LogP contribution is 2.14. The summed E-state index contributed by atoms with van der Waals surface area (Å²) in [6.07, 6.45) is 2.72. The van der Waals surface area contributed by atoms with Gasteiger partial charge in [-0.15, -0.1) is 0 Å². The molecule has 0 aromatic carbocycles. The van der Waals surface area contributed by atoms with Crippen molar-refractivity contribution in [3.8, 4) is 0 Å². The molecule has 0 spiro atoms. The number of aromatic nitrogens is 1. The fourth-order valence-corrected chi connectivity index (χ4v) is 2.47. The Bertz CT molecular complexity index is 452. The van der Waals surface area contributed by atoms with Gasteiger partial charge in [-0.3, -0.25) is 9.69 Å². The molecule has 2 N–H and O–H groups in total. The van der Waals surface area contributed by atoms with Crippen molar-refractivity contribution in [1.82, 2.24) is 14.8 Å². The van der Waals surface area contributed by atoms with E-state index in [2.05, 4.69) is 14.8 Å². The molecule has 0 saturated carbocycles. The number of carbonyl (C=O) groups is 1. The lowest BCUT2D eigenvalue weighted by Gasteiger charge is -2.35. The zero-order valence-corrected chi connectivity index (χ0v) is 13.0. The van der Waals surface area contributed by atoms with Gasteiger partial charge in [0.05, 0.1) is 5.56 Å². The fraction of sp³-hybridized carbons (Fsp3) is 0.600. The second kappa shape index (κ2) is 7.38. The first-order valence-electron chi connectivity index (χ1n) is 7.47. The average molecular weight is 291 g/mol. The van der Waals surface area contributed by atoms with Gasteiger partial charge in [0.1, 0.15) is 5.82 Å². The van der Waals surface area contributed by atoms with Gasteiger partial charge in [-0.2, -0.15) is 0 Å². The maximum absolute atomic E-state index is 11.8. The molecule has 1 aromatic rings. The fourth-order valence-electron chi connectivity index (χ4n) is 2.47. The first-order valence-corrected chi connectivity index (χ1v) is 7.47.